The first-order chi connectivity index (χ1) is 10.1. The van der Waals surface area contributed by atoms with E-state index in [9.17, 15) is 9.59 Å². The number of rotatable bonds is 4. The van der Waals surface area contributed by atoms with Crippen LogP contribution in [-0.4, -0.2) is 30.3 Å². The summed E-state index contributed by atoms with van der Waals surface area (Å²) in [5.41, 5.74) is 2.31. The van der Waals surface area contributed by atoms with Crippen molar-refractivity contribution < 1.29 is 19.1 Å². The number of fused-ring (bicyclic) bond motifs is 1. The maximum atomic E-state index is 12.1. The Hall–Kier alpha value is -2.48. The monoisotopic (exact) mass is 287 g/mol. The van der Waals surface area contributed by atoms with Crippen LogP contribution in [0.25, 0.3) is 0 Å². The molecule has 1 unspecified atom stereocenters. The van der Waals surface area contributed by atoms with Gasteiger partial charge in [-0.2, -0.15) is 0 Å². The Morgan fingerprint density at radius 1 is 1.38 bits per heavy atom. The molecule has 1 atom stereocenters. The molecule has 2 rings (SSSR count). The summed E-state index contributed by atoms with van der Waals surface area (Å²) in [6.07, 6.45) is 6.48. The summed E-state index contributed by atoms with van der Waals surface area (Å²) in [6, 6.07) is 7.87. The van der Waals surface area contributed by atoms with E-state index in [-0.39, 0.29) is 12.6 Å². The Balaban J connectivity index is 2.08. The third-order valence-electron chi connectivity index (χ3n) is 3.42. The van der Waals surface area contributed by atoms with Crippen molar-refractivity contribution in [1.82, 2.24) is 4.90 Å². The van der Waals surface area contributed by atoms with E-state index < -0.39 is 18.9 Å². The molecule has 0 bridgehead atoms. The molecular formula is C16H17NO4. The molecule has 0 aliphatic heterocycles. The minimum atomic E-state index is -0.573. The highest BCUT2D eigenvalue weighted by molar-refractivity contribution is 5.70. The highest BCUT2D eigenvalue weighted by Gasteiger charge is 2.31. The number of hydrogen-bond donors (Lipinski definition) is 0. The predicted octanol–water partition coefficient (Wildman–Crippen LogP) is 2.27. The van der Waals surface area contributed by atoms with Gasteiger partial charge in [-0.05, 0) is 24.0 Å². The van der Waals surface area contributed by atoms with Gasteiger partial charge >= 0.3 is 12.1 Å². The van der Waals surface area contributed by atoms with E-state index >= 15 is 0 Å². The van der Waals surface area contributed by atoms with Gasteiger partial charge in [-0.15, -0.1) is 6.42 Å². The second-order valence-corrected chi connectivity index (χ2v) is 4.75. The van der Waals surface area contributed by atoms with Gasteiger partial charge in [0.05, 0.1) is 12.6 Å². The van der Waals surface area contributed by atoms with Crippen molar-refractivity contribution in [3.05, 3.63) is 35.4 Å². The molecule has 1 aliphatic carbocycles. The van der Waals surface area contributed by atoms with Gasteiger partial charge in [0.2, 0.25) is 6.79 Å². The Labute approximate surface area is 123 Å². The largest absolute Gasteiger partial charge is 0.428 e. The zero-order valence-corrected chi connectivity index (χ0v) is 11.9. The molecule has 0 N–H and O–H groups in total. The number of aryl methyl sites for hydroxylation is 1. The highest BCUT2D eigenvalue weighted by atomic mass is 16.7. The quantitative estimate of drug-likeness (QED) is 0.484. The number of nitrogens with zero attached hydrogens (tertiary/aromatic N) is 1. The molecular weight excluding hydrogens is 270 g/mol. The standard InChI is InChI=1S/C16H17NO4/c1-3-10-17(16(19)21-11-20-12(2)18)15-9-8-13-6-4-5-7-14(13)15/h1,4-7,15H,8-11H2,2H3. The fourth-order valence-corrected chi connectivity index (χ4v) is 2.50. The lowest BCUT2D eigenvalue weighted by molar-refractivity contribution is -0.149. The Morgan fingerprint density at radius 3 is 2.86 bits per heavy atom. The zero-order valence-electron chi connectivity index (χ0n) is 11.9. The summed E-state index contributed by atoms with van der Waals surface area (Å²) in [5, 5.41) is 0. The van der Waals surface area contributed by atoms with E-state index in [0.717, 1.165) is 18.4 Å². The van der Waals surface area contributed by atoms with Gasteiger partial charge in [0.15, 0.2) is 0 Å². The smallest absolute Gasteiger partial charge is 0.413 e. The van der Waals surface area contributed by atoms with Crippen molar-refractivity contribution >= 4 is 12.1 Å². The van der Waals surface area contributed by atoms with Crippen molar-refractivity contribution in [2.45, 2.75) is 25.8 Å². The molecule has 21 heavy (non-hydrogen) atoms. The number of carbonyl (C=O) groups is 2. The summed E-state index contributed by atoms with van der Waals surface area (Å²) in [6.45, 7) is 1.00. The molecule has 0 aromatic heterocycles. The van der Waals surface area contributed by atoms with Crippen molar-refractivity contribution in [3.8, 4) is 12.3 Å². The molecule has 1 aromatic rings. The first kappa shape index (κ1) is 14.9. The number of benzene rings is 1. The average Bonchev–Trinajstić information content (AvgIpc) is 2.88. The number of amides is 1. The highest BCUT2D eigenvalue weighted by Crippen LogP contribution is 2.35. The van der Waals surface area contributed by atoms with Crippen molar-refractivity contribution in [3.63, 3.8) is 0 Å². The van der Waals surface area contributed by atoms with Gasteiger partial charge in [0, 0.05) is 6.92 Å². The number of esters is 1. The molecule has 0 radical (unpaired) electrons. The van der Waals surface area contributed by atoms with Crippen LogP contribution in [0.2, 0.25) is 0 Å². The van der Waals surface area contributed by atoms with Gasteiger partial charge in [0.25, 0.3) is 0 Å². The first-order valence-corrected chi connectivity index (χ1v) is 6.71. The molecule has 1 aliphatic rings. The first-order valence-electron chi connectivity index (χ1n) is 6.71. The molecule has 5 heteroatoms. The fraction of sp³-hybridized carbons (Fsp3) is 0.375. The fourth-order valence-electron chi connectivity index (χ4n) is 2.50. The zero-order chi connectivity index (χ0) is 15.2. The Kier molecular flexibility index (Phi) is 4.83. The second-order valence-electron chi connectivity index (χ2n) is 4.75. The number of ether oxygens (including phenoxy) is 2. The van der Waals surface area contributed by atoms with Crippen LogP contribution in [0.1, 0.15) is 30.5 Å². The summed E-state index contributed by atoms with van der Waals surface area (Å²) in [4.78, 5) is 24.3. The maximum absolute atomic E-state index is 12.1. The third-order valence-corrected chi connectivity index (χ3v) is 3.42. The molecule has 5 nitrogen and oxygen atoms in total. The Morgan fingerprint density at radius 2 is 2.14 bits per heavy atom. The summed E-state index contributed by atoms with van der Waals surface area (Å²) >= 11 is 0. The SMILES string of the molecule is C#CCN(C(=O)OCOC(C)=O)C1CCc2ccccc21. The van der Waals surface area contributed by atoms with Crippen LogP contribution in [0.15, 0.2) is 24.3 Å². The van der Waals surface area contributed by atoms with Crippen LogP contribution in [0.4, 0.5) is 4.79 Å². The summed E-state index contributed by atoms with van der Waals surface area (Å²) in [5.74, 6) is 1.97. The van der Waals surface area contributed by atoms with E-state index in [4.69, 9.17) is 11.2 Å². The molecule has 0 saturated heterocycles. The molecule has 1 amide bonds. The van der Waals surface area contributed by atoms with Crippen molar-refractivity contribution in [2.24, 2.45) is 0 Å². The van der Waals surface area contributed by atoms with E-state index in [1.165, 1.54) is 17.4 Å². The van der Waals surface area contributed by atoms with Gasteiger partial charge in [0.1, 0.15) is 0 Å². The maximum Gasteiger partial charge on any atom is 0.413 e. The number of carbonyl (C=O) groups excluding carboxylic acids is 2. The van der Waals surface area contributed by atoms with Crippen LogP contribution < -0.4 is 0 Å². The average molecular weight is 287 g/mol. The van der Waals surface area contributed by atoms with Crippen LogP contribution in [0.5, 0.6) is 0 Å². The topological polar surface area (TPSA) is 55.8 Å². The minimum Gasteiger partial charge on any atom is -0.428 e. The molecule has 0 fully saturated rings. The van der Waals surface area contributed by atoms with Crippen LogP contribution in [-0.2, 0) is 20.7 Å². The van der Waals surface area contributed by atoms with Crippen LogP contribution in [0, 0.1) is 12.3 Å². The lowest BCUT2D eigenvalue weighted by Crippen LogP contribution is -2.35. The van der Waals surface area contributed by atoms with Gasteiger partial charge in [-0.25, -0.2) is 4.79 Å². The molecule has 0 saturated carbocycles. The van der Waals surface area contributed by atoms with Crippen LogP contribution in [0.3, 0.4) is 0 Å². The van der Waals surface area contributed by atoms with Gasteiger partial charge in [-0.1, -0.05) is 30.2 Å². The van der Waals surface area contributed by atoms with E-state index in [1.807, 2.05) is 24.3 Å². The lowest BCUT2D eigenvalue weighted by Gasteiger charge is -2.27. The number of terminal acetylenes is 1. The van der Waals surface area contributed by atoms with Gasteiger partial charge in [-0.3, -0.25) is 9.69 Å². The number of hydrogen-bond acceptors (Lipinski definition) is 4. The molecule has 0 spiro atoms. The summed E-state index contributed by atoms with van der Waals surface area (Å²) < 4.78 is 9.56. The normalized spacial score (nSPS) is 15.7. The third kappa shape index (κ3) is 3.54. The molecule has 1 aromatic carbocycles. The van der Waals surface area contributed by atoms with E-state index in [0.29, 0.717) is 0 Å². The van der Waals surface area contributed by atoms with E-state index in [2.05, 4.69) is 10.7 Å². The lowest BCUT2D eigenvalue weighted by atomic mass is 10.1. The van der Waals surface area contributed by atoms with Gasteiger partial charge < -0.3 is 9.47 Å². The van der Waals surface area contributed by atoms with E-state index in [1.54, 1.807) is 0 Å². The predicted molar refractivity (Wildman–Crippen MR) is 76.2 cm³/mol. The molecule has 110 valence electrons. The van der Waals surface area contributed by atoms with Crippen molar-refractivity contribution in [2.75, 3.05) is 13.3 Å². The Bertz CT molecular complexity index is 576. The summed E-state index contributed by atoms with van der Waals surface area (Å²) in [7, 11) is 0. The van der Waals surface area contributed by atoms with Crippen LogP contribution >= 0.6 is 0 Å². The molecule has 0 heterocycles. The second kappa shape index (κ2) is 6.80. The van der Waals surface area contributed by atoms with Crippen molar-refractivity contribution in [1.29, 1.82) is 0 Å². The minimum absolute atomic E-state index is 0.0953.